The average Bonchev–Trinajstić information content (AvgIpc) is 3.51. The fourth-order valence-electron chi connectivity index (χ4n) is 3.20. The Kier molecular flexibility index (Phi) is 6.29. The molecule has 172 valence electrons. The largest absolute Gasteiger partial charge is 0.504 e. The molecule has 0 aliphatic carbocycles. The molecule has 0 unspecified atom stereocenters. The number of nitrogens with zero attached hydrogens (tertiary/aromatic N) is 1. The van der Waals surface area contributed by atoms with Crippen molar-refractivity contribution in [3.8, 4) is 0 Å². The number of halogens is 1. The summed E-state index contributed by atoms with van der Waals surface area (Å²) in [7, 11) is -3.85. The van der Waals surface area contributed by atoms with E-state index in [2.05, 4.69) is 0 Å². The van der Waals surface area contributed by atoms with Gasteiger partial charge in [0.15, 0.2) is 11.5 Å². The summed E-state index contributed by atoms with van der Waals surface area (Å²) in [6, 6.07) is 17.7. The summed E-state index contributed by atoms with van der Waals surface area (Å²) in [6.07, 6.45) is 3.24. The van der Waals surface area contributed by atoms with Gasteiger partial charge in [-0.05, 0) is 48.0 Å². The van der Waals surface area contributed by atoms with E-state index < -0.39 is 27.3 Å². The minimum atomic E-state index is -3.85. The molecule has 4 rings (SSSR count). The van der Waals surface area contributed by atoms with E-state index in [1.54, 1.807) is 36.4 Å². The molecule has 34 heavy (non-hydrogen) atoms. The van der Waals surface area contributed by atoms with E-state index in [9.17, 15) is 27.5 Å². The van der Waals surface area contributed by atoms with Crippen molar-refractivity contribution in [2.75, 3.05) is 0 Å². The van der Waals surface area contributed by atoms with E-state index in [1.165, 1.54) is 36.4 Å². The van der Waals surface area contributed by atoms with Gasteiger partial charge >= 0.3 is 5.91 Å². The van der Waals surface area contributed by atoms with Crippen LogP contribution in [0.3, 0.4) is 0 Å². The van der Waals surface area contributed by atoms with Crippen LogP contribution in [0.2, 0.25) is 0 Å². The van der Waals surface area contributed by atoms with E-state index in [1.807, 2.05) is 0 Å². The van der Waals surface area contributed by atoms with Crippen LogP contribution in [0.15, 0.2) is 105 Å². The molecule has 0 aliphatic rings. The smallest absolute Gasteiger partial charge is 0.302 e. The van der Waals surface area contributed by atoms with E-state index in [4.69, 9.17) is 4.42 Å². The molecule has 9 heteroatoms. The molecule has 2 heterocycles. The van der Waals surface area contributed by atoms with Crippen molar-refractivity contribution in [2.24, 2.45) is 0 Å². The molecular formula is C25H18FNO6S. The lowest BCUT2D eigenvalue weighted by molar-refractivity contribution is -0.111. The molecule has 0 bridgehead atoms. The lowest BCUT2D eigenvalue weighted by atomic mass is 10.1. The number of carbonyl (C=O) groups is 2. The van der Waals surface area contributed by atoms with Crippen molar-refractivity contribution < 1.29 is 31.9 Å². The molecule has 0 aliphatic heterocycles. The zero-order valence-electron chi connectivity index (χ0n) is 17.6. The number of aliphatic hydroxyl groups excluding tert-OH is 1. The second-order valence-corrected chi connectivity index (χ2v) is 9.29. The number of carbonyl (C=O) groups excluding carboxylic acids is 2. The quantitative estimate of drug-likeness (QED) is 0.238. The van der Waals surface area contributed by atoms with Crippen molar-refractivity contribution in [2.45, 2.75) is 16.2 Å². The maximum atomic E-state index is 13.0. The molecule has 4 aromatic rings. The summed E-state index contributed by atoms with van der Waals surface area (Å²) in [6.45, 7) is 0. The van der Waals surface area contributed by atoms with Gasteiger partial charge in [0.25, 0.3) is 0 Å². The highest BCUT2D eigenvalue weighted by atomic mass is 32.2. The average molecular weight is 479 g/mol. The molecule has 0 spiro atoms. The van der Waals surface area contributed by atoms with Gasteiger partial charge in [0.05, 0.1) is 9.79 Å². The second-order valence-electron chi connectivity index (χ2n) is 7.34. The first kappa shape index (κ1) is 22.9. The molecule has 0 radical (unpaired) electrons. The van der Waals surface area contributed by atoms with Crippen LogP contribution in [0, 0.1) is 5.82 Å². The third-order valence-electron chi connectivity index (χ3n) is 4.95. The first-order valence-corrected chi connectivity index (χ1v) is 11.5. The topological polar surface area (TPSA) is 107 Å². The molecule has 0 saturated carbocycles. The number of allylic oxidation sites excluding steroid dienone is 1. The summed E-state index contributed by atoms with van der Waals surface area (Å²) in [4.78, 5) is 24.7. The van der Waals surface area contributed by atoms with Crippen LogP contribution in [0.25, 0.3) is 5.76 Å². The van der Waals surface area contributed by atoms with Crippen molar-refractivity contribution in [3.63, 3.8) is 0 Å². The van der Waals surface area contributed by atoms with Gasteiger partial charge in [-0.1, -0.05) is 30.3 Å². The number of aromatic nitrogens is 1. The second kappa shape index (κ2) is 9.32. The Bertz CT molecular complexity index is 1480. The first-order valence-electron chi connectivity index (χ1n) is 10.0. The fourth-order valence-corrected chi connectivity index (χ4v) is 4.48. The van der Waals surface area contributed by atoms with Gasteiger partial charge in [-0.3, -0.25) is 14.2 Å². The van der Waals surface area contributed by atoms with Gasteiger partial charge in [-0.2, -0.15) is 0 Å². The van der Waals surface area contributed by atoms with Crippen LogP contribution < -0.4 is 0 Å². The van der Waals surface area contributed by atoms with E-state index >= 15 is 0 Å². The molecule has 1 N–H and O–H groups in total. The Morgan fingerprint density at radius 2 is 1.65 bits per heavy atom. The number of sulfone groups is 1. The Morgan fingerprint density at radius 1 is 0.941 bits per heavy atom. The molecule has 0 saturated heterocycles. The highest BCUT2D eigenvalue weighted by Crippen LogP contribution is 2.21. The lowest BCUT2D eigenvalue weighted by Gasteiger charge is -2.02. The Balaban J connectivity index is 1.47. The van der Waals surface area contributed by atoms with Gasteiger partial charge in [-0.15, -0.1) is 0 Å². The molecule has 0 amide bonds. The highest BCUT2D eigenvalue weighted by Gasteiger charge is 2.22. The Labute approximate surface area is 194 Å². The molecule has 2 aromatic heterocycles. The van der Waals surface area contributed by atoms with Crippen LogP contribution in [-0.4, -0.2) is 29.8 Å². The zero-order valence-corrected chi connectivity index (χ0v) is 18.4. The number of hydrogen-bond donors (Lipinski definition) is 1. The summed E-state index contributed by atoms with van der Waals surface area (Å²) in [5.74, 6) is -2.62. The monoisotopic (exact) mass is 479 g/mol. The van der Waals surface area contributed by atoms with Crippen LogP contribution in [-0.2, 0) is 21.1 Å². The van der Waals surface area contributed by atoms with E-state index in [-0.39, 0.29) is 21.4 Å². The predicted molar refractivity (Wildman–Crippen MR) is 120 cm³/mol. The Morgan fingerprint density at radius 3 is 2.35 bits per heavy atom. The summed E-state index contributed by atoms with van der Waals surface area (Å²) in [5.41, 5.74) is 0.783. The van der Waals surface area contributed by atoms with E-state index in [0.717, 1.165) is 22.5 Å². The van der Waals surface area contributed by atoms with Crippen molar-refractivity contribution in [1.29, 1.82) is 0 Å². The lowest BCUT2D eigenvalue weighted by Crippen LogP contribution is -2.18. The molecule has 2 aromatic carbocycles. The number of hydrogen-bond acceptors (Lipinski definition) is 6. The van der Waals surface area contributed by atoms with Crippen molar-refractivity contribution in [3.05, 3.63) is 114 Å². The summed E-state index contributed by atoms with van der Waals surface area (Å²) >= 11 is 0. The maximum absolute atomic E-state index is 13.0. The third kappa shape index (κ3) is 4.89. The predicted octanol–water partition coefficient (Wildman–Crippen LogP) is 4.45. The number of aliphatic hydroxyl groups is 1. The molecule has 7 nitrogen and oxygen atoms in total. The van der Waals surface area contributed by atoms with Gasteiger partial charge in [0.1, 0.15) is 11.6 Å². The van der Waals surface area contributed by atoms with Crippen LogP contribution in [0.5, 0.6) is 0 Å². The van der Waals surface area contributed by atoms with Crippen molar-refractivity contribution >= 4 is 27.3 Å². The SMILES string of the molecule is O=C(C=C(O)c1ccc(Cc2ccc(F)cc2)o1)C(=O)n1ccc(S(=O)(=O)c2ccccc2)c1. The number of furan rings is 1. The van der Waals surface area contributed by atoms with Crippen molar-refractivity contribution in [1.82, 2.24) is 4.57 Å². The van der Waals surface area contributed by atoms with Crippen LogP contribution in [0.4, 0.5) is 4.39 Å². The van der Waals surface area contributed by atoms with E-state index in [0.29, 0.717) is 18.3 Å². The standard InChI is InChI=1S/C25H18FNO6S/c26-18-8-6-17(7-9-18)14-19-10-11-24(33-19)22(28)15-23(29)25(30)27-13-12-21(16-27)34(31,32)20-4-2-1-3-5-20/h1-13,15-16,28H,14H2. The van der Waals surface area contributed by atoms with Gasteiger partial charge < -0.3 is 9.52 Å². The molecule has 0 atom stereocenters. The summed E-state index contributed by atoms with van der Waals surface area (Å²) < 4.78 is 44.7. The van der Waals surface area contributed by atoms with Gasteiger partial charge in [-0.25, -0.2) is 12.8 Å². The fraction of sp³-hybridized carbons (Fsp3) is 0.0400. The number of rotatable bonds is 7. The van der Waals surface area contributed by atoms with Crippen LogP contribution >= 0.6 is 0 Å². The third-order valence-corrected chi connectivity index (χ3v) is 6.70. The number of ketones is 1. The van der Waals surface area contributed by atoms with Crippen LogP contribution in [0.1, 0.15) is 21.9 Å². The van der Waals surface area contributed by atoms with Gasteiger partial charge in [0, 0.05) is 24.9 Å². The molecular weight excluding hydrogens is 461 g/mol. The highest BCUT2D eigenvalue weighted by molar-refractivity contribution is 7.91. The minimum Gasteiger partial charge on any atom is -0.504 e. The molecule has 0 fully saturated rings. The first-order chi connectivity index (χ1) is 16.2. The maximum Gasteiger partial charge on any atom is 0.302 e. The normalized spacial score (nSPS) is 12.0. The zero-order chi connectivity index (χ0) is 24.3. The number of benzene rings is 2. The van der Waals surface area contributed by atoms with Gasteiger partial charge in [0.2, 0.25) is 15.6 Å². The Hall–Kier alpha value is -4.24. The summed E-state index contributed by atoms with van der Waals surface area (Å²) in [5, 5.41) is 10.2. The minimum absolute atomic E-state index is 0.0295.